The SMILES string of the molecule is COC(=O)c1nnc(-c2ccc(F)c(NC(=O)c3ccccc3F)c2)o1. The van der Waals surface area contributed by atoms with Crippen molar-refractivity contribution in [1.29, 1.82) is 0 Å². The van der Waals surface area contributed by atoms with Crippen LogP contribution in [0.2, 0.25) is 0 Å². The number of esters is 1. The number of anilines is 1. The van der Waals surface area contributed by atoms with Crippen molar-refractivity contribution >= 4 is 17.6 Å². The van der Waals surface area contributed by atoms with E-state index in [2.05, 4.69) is 20.3 Å². The van der Waals surface area contributed by atoms with Gasteiger partial charge in [-0.25, -0.2) is 13.6 Å². The molecule has 0 aliphatic carbocycles. The summed E-state index contributed by atoms with van der Waals surface area (Å²) in [7, 11) is 1.15. The number of carbonyl (C=O) groups is 2. The predicted molar refractivity (Wildman–Crippen MR) is 85.4 cm³/mol. The van der Waals surface area contributed by atoms with Crippen LogP contribution in [-0.2, 0) is 4.74 Å². The number of nitrogens with zero attached hydrogens (tertiary/aromatic N) is 2. The molecule has 0 fully saturated rings. The fourth-order valence-corrected chi connectivity index (χ4v) is 2.10. The lowest BCUT2D eigenvalue weighted by molar-refractivity contribution is 0.0556. The molecule has 3 aromatic rings. The Balaban J connectivity index is 1.88. The van der Waals surface area contributed by atoms with E-state index in [1.165, 1.54) is 30.3 Å². The minimum atomic E-state index is -0.820. The summed E-state index contributed by atoms with van der Waals surface area (Å²) in [5.41, 5.74) is -0.200. The second kappa shape index (κ2) is 7.09. The molecule has 132 valence electrons. The number of rotatable bonds is 4. The minimum absolute atomic E-state index is 0.0770. The number of amides is 1. The number of nitrogens with one attached hydrogen (secondary N) is 1. The summed E-state index contributed by atoms with van der Waals surface area (Å²) >= 11 is 0. The molecule has 26 heavy (non-hydrogen) atoms. The standard InChI is InChI=1S/C17H11F2N3O4/c1-25-17(24)16-22-21-15(26-16)9-6-7-12(19)13(8-9)20-14(23)10-4-2-3-5-11(10)18/h2-8H,1H3,(H,20,23). The first kappa shape index (κ1) is 17.2. The van der Waals surface area contributed by atoms with E-state index in [0.717, 1.165) is 19.2 Å². The van der Waals surface area contributed by atoms with E-state index in [1.807, 2.05) is 0 Å². The molecular weight excluding hydrogens is 348 g/mol. The molecule has 0 saturated heterocycles. The third-order valence-electron chi connectivity index (χ3n) is 3.37. The molecule has 2 aromatic carbocycles. The van der Waals surface area contributed by atoms with Gasteiger partial charge in [0.05, 0.1) is 18.4 Å². The van der Waals surface area contributed by atoms with Crippen LogP contribution in [0.4, 0.5) is 14.5 Å². The average Bonchev–Trinajstić information content (AvgIpc) is 3.13. The average molecular weight is 359 g/mol. The number of carbonyl (C=O) groups excluding carboxylic acids is 2. The zero-order valence-corrected chi connectivity index (χ0v) is 13.3. The van der Waals surface area contributed by atoms with Gasteiger partial charge in [-0.05, 0) is 30.3 Å². The molecule has 0 aliphatic heterocycles. The second-order valence-electron chi connectivity index (χ2n) is 5.03. The van der Waals surface area contributed by atoms with Crippen LogP contribution in [0.3, 0.4) is 0 Å². The second-order valence-corrected chi connectivity index (χ2v) is 5.03. The lowest BCUT2D eigenvalue weighted by Gasteiger charge is -2.08. The summed E-state index contributed by atoms with van der Waals surface area (Å²) in [5, 5.41) is 9.46. The molecule has 1 N–H and O–H groups in total. The largest absolute Gasteiger partial charge is 0.462 e. The molecule has 3 rings (SSSR count). The van der Waals surface area contributed by atoms with Gasteiger partial charge in [0, 0.05) is 5.56 Å². The first-order chi connectivity index (χ1) is 12.5. The summed E-state index contributed by atoms with van der Waals surface area (Å²) in [6.07, 6.45) is 0. The summed E-state index contributed by atoms with van der Waals surface area (Å²) < 4.78 is 37.3. The van der Waals surface area contributed by atoms with Gasteiger partial charge >= 0.3 is 11.9 Å². The van der Waals surface area contributed by atoms with Gasteiger partial charge in [-0.3, -0.25) is 4.79 Å². The first-order valence-corrected chi connectivity index (χ1v) is 7.27. The van der Waals surface area contributed by atoms with Crippen molar-refractivity contribution in [1.82, 2.24) is 10.2 Å². The van der Waals surface area contributed by atoms with Gasteiger partial charge in [0.1, 0.15) is 11.6 Å². The van der Waals surface area contributed by atoms with Gasteiger partial charge in [-0.15, -0.1) is 10.2 Å². The maximum absolute atomic E-state index is 14.0. The maximum Gasteiger partial charge on any atom is 0.396 e. The van der Waals surface area contributed by atoms with Crippen molar-refractivity contribution in [2.45, 2.75) is 0 Å². The molecule has 0 bridgehead atoms. The molecule has 1 aromatic heterocycles. The van der Waals surface area contributed by atoms with Crippen LogP contribution in [0.25, 0.3) is 11.5 Å². The molecular formula is C17H11F2N3O4. The lowest BCUT2D eigenvalue weighted by Crippen LogP contribution is -2.14. The van der Waals surface area contributed by atoms with E-state index in [4.69, 9.17) is 4.42 Å². The highest BCUT2D eigenvalue weighted by Gasteiger charge is 2.18. The predicted octanol–water partition coefficient (Wildman–Crippen LogP) is 3.05. The molecule has 9 heteroatoms. The van der Waals surface area contributed by atoms with E-state index < -0.39 is 23.5 Å². The van der Waals surface area contributed by atoms with Gasteiger partial charge in [0.25, 0.3) is 5.91 Å². The number of ether oxygens (including phenoxy) is 1. The van der Waals surface area contributed by atoms with Crippen molar-refractivity contribution in [2.24, 2.45) is 0 Å². The minimum Gasteiger partial charge on any atom is -0.462 e. The van der Waals surface area contributed by atoms with E-state index in [-0.39, 0.29) is 28.6 Å². The fraction of sp³-hybridized carbons (Fsp3) is 0.0588. The summed E-state index contributed by atoms with van der Waals surface area (Å²) in [6, 6.07) is 8.92. The Bertz CT molecular complexity index is 988. The topological polar surface area (TPSA) is 94.3 Å². The number of hydrogen-bond acceptors (Lipinski definition) is 6. The molecule has 0 atom stereocenters. The van der Waals surface area contributed by atoms with Crippen LogP contribution in [0, 0.1) is 11.6 Å². The smallest absolute Gasteiger partial charge is 0.396 e. The van der Waals surface area contributed by atoms with Gasteiger partial charge in [0.2, 0.25) is 5.89 Å². The monoisotopic (exact) mass is 359 g/mol. The molecule has 0 unspecified atom stereocenters. The summed E-state index contributed by atoms with van der Waals surface area (Å²) in [5.74, 6) is -3.57. The molecule has 0 saturated carbocycles. The van der Waals surface area contributed by atoms with Gasteiger partial charge < -0.3 is 14.5 Å². The Morgan fingerprint density at radius 2 is 1.85 bits per heavy atom. The molecule has 0 radical (unpaired) electrons. The zero-order valence-electron chi connectivity index (χ0n) is 13.3. The number of methoxy groups -OCH3 is 1. The zero-order chi connectivity index (χ0) is 18.7. The summed E-state index contributed by atoms with van der Waals surface area (Å²) in [6.45, 7) is 0. The Labute approximate surface area is 145 Å². The van der Waals surface area contributed by atoms with Crippen molar-refractivity contribution in [3.05, 3.63) is 65.6 Å². The van der Waals surface area contributed by atoms with Crippen molar-refractivity contribution < 1.29 is 27.5 Å². The lowest BCUT2D eigenvalue weighted by atomic mass is 10.1. The highest BCUT2D eigenvalue weighted by Crippen LogP contribution is 2.25. The quantitative estimate of drug-likeness (QED) is 0.720. The number of halogens is 2. The highest BCUT2D eigenvalue weighted by molar-refractivity contribution is 6.04. The Morgan fingerprint density at radius 1 is 1.08 bits per heavy atom. The van der Waals surface area contributed by atoms with E-state index in [1.54, 1.807) is 0 Å². The third-order valence-corrected chi connectivity index (χ3v) is 3.37. The van der Waals surface area contributed by atoms with Crippen LogP contribution in [0.1, 0.15) is 21.0 Å². The van der Waals surface area contributed by atoms with E-state index in [0.29, 0.717) is 0 Å². The normalized spacial score (nSPS) is 10.4. The molecule has 0 spiro atoms. The molecule has 7 nitrogen and oxygen atoms in total. The van der Waals surface area contributed by atoms with Crippen LogP contribution < -0.4 is 5.32 Å². The first-order valence-electron chi connectivity index (χ1n) is 7.27. The van der Waals surface area contributed by atoms with Gasteiger partial charge in [-0.1, -0.05) is 12.1 Å². The van der Waals surface area contributed by atoms with Crippen LogP contribution in [0.5, 0.6) is 0 Å². The van der Waals surface area contributed by atoms with E-state index >= 15 is 0 Å². The van der Waals surface area contributed by atoms with Crippen molar-refractivity contribution in [2.75, 3.05) is 12.4 Å². The highest BCUT2D eigenvalue weighted by atomic mass is 19.1. The maximum atomic E-state index is 14.0. The number of aromatic nitrogens is 2. The van der Waals surface area contributed by atoms with Crippen LogP contribution in [-0.4, -0.2) is 29.2 Å². The summed E-state index contributed by atoms with van der Waals surface area (Å²) in [4.78, 5) is 23.5. The van der Waals surface area contributed by atoms with Crippen LogP contribution >= 0.6 is 0 Å². The van der Waals surface area contributed by atoms with Gasteiger partial charge in [-0.2, -0.15) is 0 Å². The number of benzene rings is 2. The Hall–Kier alpha value is -3.62. The van der Waals surface area contributed by atoms with Gasteiger partial charge in [0.15, 0.2) is 0 Å². The van der Waals surface area contributed by atoms with Crippen molar-refractivity contribution in [3.63, 3.8) is 0 Å². The van der Waals surface area contributed by atoms with Crippen LogP contribution in [0.15, 0.2) is 46.9 Å². The van der Waals surface area contributed by atoms with E-state index in [9.17, 15) is 18.4 Å². The molecule has 1 amide bonds. The fourth-order valence-electron chi connectivity index (χ4n) is 2.10. The molecule has 0 aliphatic rings. The Morgan fingerprint density at radius 3 is 2.58 bits per heavy atom. The molecule has 1 heterocycles. The number of hydrogen-bond donors (Lipinski definition) is 1. The van der Waals surface area contributed by atoms with Crippen molar-refractivity contribution in [3.8, 4) is 11.5 Å². The third kappa shape index (κ3) is 3.41. The Kier molecular flexibility index (Phi) is 4.70.